The second kappa shape index (κ2) is 6.96. The zero-order valence-electron chi connectivity index (χ0n) is 9.48. The van der Waals surface area contributed by atoms with Gasteiger partial charge in [0, 0.05) is 16.9 Å². The highest BCUT2D eigenvalue weighted by Crippen LogP contribution is 2.31. The first-order chi connectivity index (χ1) is 7.70. The number of hydrogen-bond acceptors (Lipinski definition) is 1. The van der Waals surface area contributed by atoms with Gasteiger partial charge in [0.15, 0.2) is 0 Å². The van der Waals surface area contributed by atoms with E-state index in [0.717, 1.165) is 28.0 Å². The van der Waals surface area contributed by atoms with Crippen molar-refractivity contribution in [3.8, 4) is 11.8 Å². The van der Waals surface area contributed by atoms with E-state index in [-0.39, 0.29) is 6.04 Å². The molecule has 0 aromatic heterocycles. The molecule has 1 aromatic rings. The Morgan fingerprint density at radius 2 is 2.25 bits per heavy atom. The molecular weight excluding hydrogens is 286 g/mol. The van der Waals surface area contributed by atoms with Crippen LogP contribution in [0, 0.1) is 11.8 Å². The first kappa shape index (κ1) is 13.6. The van der Waals surface area contributed by atoms with Crippen LogP contribution in [0.3, 0.4) is 0 Å². The number of rotatable bonds is 4. The normalized spacial score (nSPS) is 11.8. The molecule has 0 aliphatic heterocycles. The molecule has 1 rings (SSSR count). The highest BCUT2D eigenvalue weighted by atomic mass is 79.9. The van der Waals surface area contributed by atoms with Crippen molar-refractivity contribution < 1.29 is 0 Å². The Kier molecular flexibility index (Phi) is 5.90. The fourth-order valence-corrected chi connectivity index (χ4v) is 2.17. The number of halogens is 2. The molecule has 0 fully saturated rings. The van der Waals surface area contributed by atoms with Gasteiger partial charge in [-0.25, -0.2) is 0 Å². The Bertz CT molecular complexity index is 406. The third-order valence-corrected chi connectivity index (χ3v) is 3.60. The number of hydrogen-bond donors (Lipinski definition) is 1. The second-order valence-electron chi connectivity index (χ2n) is 3.38. The molecule has 0 saturated carbocycles. The summed E-state index contributed by atoms with van der Waals surface area (Å²) >= 11 is 9.71. The molecule has 0 aliphatic carbocycles. The minimum Gasteiger partial charge on any atom is -0.309 e. The van der Waals surface area contributed by atoms with Gasteiger partial charge >= 0.3 is 0 Å². The van der Waals surface area contributed by atoms with Gasteiger partial charge in [-0.3, -0.25) is 0 Å². The fraction of sp³-hybridized carbons (Fsp3) is 0.385. The topological polar surface area (TPSA) is 12.0 Å². The van der Waals surface area contributed by atoms with Crippen LogP contribution in [0.2, 0.25) is 5.02 Å². The summed E-state index contributed by atoms with van der Waals surface area (Å²) in [6, 6.07) is 6.18. The first-order valence-electron chi connectivity index (χ1n) is 5.27. The van der Waals surface area contributed by atoms with E-state index in [9.17, 15) is 0 Å². The van der Waals surface area contributed by atoms with Crippen molar-refractivity contribution >= 4 is 27.5 Å². The summed E-state index contributed by atoms with van der Waals surface area (Å²) in [6.07, 6.45) is 0.778. The molecule has 0 radical (unpaired) electrons. The molecule has 1 N–H and O–H groups in total. The Labute approximate surface area is 111 Å². The third-order valence-electron chi connectivity index (χ3n) is 2.29. The van der Waals surface area contributed by atoms with Crippen molar-refractivity contribution in [1.29, 1.82) is 0 Å². The van der Waals surface area contributed by atoms with Gasteiger partial charge in [-0.05, 0) is 41.0 Å². The molecule has 86 valence electrons. The lowest BCUT2D eigenvalue weighted by molar-refractivity contribution is 0.565. The summed E-state index contributed by atoms with van der Waals surface area (Å²) in [5, 5.41) is 4.16. The maximum atomic E-state index is 6.27. The number of nitrogens with one attached hydrogen (secondary N) is 1. The maximum Gasteiger partial charge on any atom is 0.0596 e. The SMILES string of the molecule is CC#CCC(NCC)c1cccc(Br)c1Cl. The monoisotopic (exact) mass is 299 g/mol. The van der Waals surface area contributed by atoms with E-state index in [2.05, 4.69) is 40.0 Å². The van der Waals surface area contributed by atoms with Crippen LogP contribution in [0.4, 0.5) is 0 Å². The third kappa shape index (κ3) is 3.52. The van der Waals surface area contributed by atoms with Gasteiger partial charge in [0.25, 0.3) is 0 Å². The van der Waals surface area contributed by atoms with Crippen LogP contribution in [0.5, 0.6) is 0 Å². The largest absolute Gasteiger partial charge is 0.309 e. The van der Waals surface area contributed by atoms with E-state index >= 15 is 0 Å². The molecule has 1 aromatic carbocycles. The molecule has 16 heavy (non-hydrogen) atoms. The van der Waals surface area contributed by atoms with Crippen LogP contribution in [-0.4, -0.2) is 6.54 Å². The number of benzene rings is 1. The van der Waals surface area contributed by atoms with Crippen LogP contribution in [-0.2, 0) is 0 Å². The molecule has 1 atom stereocenters. The summed E-state index contributed by atoms with van der Waals surface area (Å²) < 4.78 is 0.930. The molecule has 0 spiro atoms. The van der Waals surface area contributed by atoms with Crippen LogP contribution in [0.25, 0.3) is 0 Å². The summed E-state index contributed by atoms with van der Waals surface area (Å²) in [4.78, 5) is 0. The van der Waals surface area contributed by atoms with Crippen molar-refractivity contribution in [3.05, 3.63) is 33.3 Å². The zero-order chi connectivity index (χ0) is 12.0. The van der Waals surface area contributed by atoms with E-state index in [1.165, 1.54) is 0 Å². The van der Waals surface area contributed by atoms with Crippen molar-refractivity contribution in [2.75, 3.05) is 6.54 Å². The van der Waals surface area contributed by atoms with Gasteiger partial charge in [0.1, 0.15) is 0 Å². The highest BCUT2D eigenvalue weighted by molar-refractivity contribution is 9.10. The van der Waals surface area contributed by atoms with E-state index in [4.69, 9.17) is 11.6 Å². The molecule has 1 nitrogen and oxygen atoms in total. The molecule has 1 unspecified atom stereocenters. The van der Waals surface area contributed by atoms with E-state index in [0.29, 0.717) is 0 Å². The van der Waals surface area contributed by atoms with Gasteiger partial charge in [0.05, 0.1) is 5.02 Å². The summed E-state index contributed by atoms with van der Waals surface area (Å²) in [6.45, 7) is 4.84. The Morgan fingerprint density at radius 3 is 2.88 bits per heavy atom. The van der Waals surface area contributed by atoms with Crippen LogP contribution < -0.4 is 5.32 Å². The molecule has 0 heterocycles. The smallest absolute Gasteiger partial charge is 0.0596 e. The van der Waals surface area contributed by atoms with Gasteiger partial charge < -0.3 is 5.32 Å². The Morgan fingerprint density at radius 1 is 1.50 bits per heavy atom. The molecule has 0 aliphatic rings. The van der Waals surface area contributed by atoms with Gasteiger partial charge in [-0.2, -0.15) is 0 Å². The van der Waals surface area contributed by atoms with E-state index < -0.39 is 0 Å². The molecule has 0 bridgehead atoms. The van der Waals surface area contributed by atoms with Crippen molar-refractivity contribution in [2.45, 2.75) is 26.3 Å². The zero-order valence-corrected chi connectivity index (χ0v) is 11.8. The van der Waals surface area contributed by atoms with Crippen molar-refractivity contribution in [1.82, 2.24) is 5.32 Å². The lowest BCUT2D eigenvalue weighted by Crippen LogP contribution is -2.20. The molecule has 0 saturated heterocycles. The summed E-state index contributed by atoms with van der Waals surface area (Å²) in [5.74, 6) is 6.01. The van der Waals surface area contributed by atoms with Crippen LogP contribution in [0.1, 0.15) is 31.9 Å². The van der Waals surface area contributed by atoms with Crippen molar-refractivity contribution in [3.63, 3.8) is 0 Å². The average molecular weight is 301 g/mol. The first-order valence-corrected chi connectivity index (χ1v) is 6.44. The predicted octanol–water partition coefficient (Wildman–Crippen LogP) is 4.17. The van der Waals surface area contributed by atoms with Gasteiger partial charge in [-0.1, -0.05) is 30.7 Å². The Balaban J connectivity index is 2.98. The maximum absolute atomic E-state index is 6.27. The molecule has 0 amide bonds. The van der Waals surface area contributed by atoms with Crippen LogP contribution in [0.15, 0.2) is 22.7 Å². The second-order valence-corrected chi connectivity index (χ2v) is 4.62. The predicted molar refractivity (Wildman–Crippen MR) is 73.6 cm³/mol. The average Bonchev–Trinajstić information content (AvgIpc) is 2.28. The standard InChI is InChI=1S/C13H15BrClN/c1-3-5-9-12(16-4-2)10-7-6-8-11(14)13(10)15/h6-8,12,16H,4,9H2,1-2H3. The van der Waals surface area contributed by atoms with Crippen molar-refractivity contribution in [2.24, 2.45) is 0 Å². The van der Waals surface area contributed by atoms with Crippen LogP contribution >= 0.6 is 27.5 Å². The summed E-state index contributed by atoms with van der Waals surface area (Å²) in [5.41, 5.74) is 1.10. The highest BCUT2D eigenvalue weighted by Gasteiger charge is 2.13. The van der Waals surface area contributed by atoms with Gasteiger partial charge in [0.2, 0.25) is 0 Å². The fourth-order valence-electron chi connectivity index (χ4n) is 1.53. The quantitative estimate of drug-likeness (QED) is 0.823. The lowest BCUT2D eigenvalue weighted by atomic mass is 10.0. The Hall–Kier alpha value is -0.490. The minimum absolute atomic E-state index is 0.197. The summed E-state index contributed by atoms with van der Waals surface area (Å²) in [7, 11) is 0. The van der Waals surface area contributed by atoms with E-state index in [1.54, 1.807) is 0 Å². The lowest BCUT2D eigenvalue weighted by Gasteiger charge is -2.17. The molecular formula is C13H15BrClN. The molecule has 3 heteroatoms. The van der Waals surface area contributed by atoms with E-state index in [1.807, 2.05) is 25.1 Å². The van der Waals surface area contributed by atoms with Gasteiger partial charge in [-0.15, -0.1) is 11.8 Å². The minimum atomic E-state index is 0.197.